The van der Waals surface area contributed by atoms with Crippen molar-refractivity contribution in [3.63, 3.8) is 0 Å². The lowest BCUT2D eigenvalue weighted by atomic mass is 9.85. The molecule has 1 saturated carbocycles. The number of nitrogens with zero attached hydrogens (tertiary/aromatic N) is 2. The summed E-state index contributed by atoms with van der Waals surface area (Å²) in [4.78, 5) is 2.45. The minimum absolute atomic E-state index is 0.0794. The van der Waals surface area contributed by atoms with Gasteiger partial charge in [-0.25, -0.2) is 0 Å². The van der Waals surface area contributed by atoms with Gasteiger partial charge in [0.05, 0.1) is 12.7 Å². The van der Waals surface area contributed by atoms with Gasteiger partial charge in [-0.05, 0) is 43.0 Å². The van der Waals surface area contributed by atoms with Gasteiger partial charge in [-0.1, -0.05) is 24.6 Å². The Morgan fingerprint density at radius 3 is 2.76 bits per heavy atom. The summed E-state index contributed by atoms with van der Waals surface area (Å²) in [6, 6.07) is 5.85. The third-order valence-corrected chi connectivity index (χ3v) is 4.24. The summed E-state index contributed by atoms with van der Waals surface area (Å²) >= 11 is 0. The number of methoxy groups -OCH3 is 1. The molecule has 0 aromatic heterocycles. The van der Waals surface area contributed by atoms with E-state index in [0.29, 0.717) is 11.3 Å². The third-order valence-electron chi connectivity index (χ3n) is 4.24. The van der Waals surface area contributed by atoms with Crippen LogP contribution < -0.4 is 10.5 Å². The summed E-state index contributed by atoms with van der Waals surface area (Å²) in [6.07, 6.45) is 4.08. The van der Waals surface area contributed by atoms with Crippen LogP contribution in [0.25, 0.3) is 0 Å². The van der Waals surface area contributed by atoms with E-state index in [0.717, 1.165) is 31.1 Å². The van der Waals surface area contributed by atoms with E-state index >= 15 is 0 Å². The predicted molar refractivity (Wildman–Crippen MR) is 83.8 cm³/mol. The Balaban J connectivity index is 2.11. The van der Waals surface area contributed by atoms with Crippen LogP contribution in [0.2, 0.25) is 0 Å². The highest BCUT2D eigenvalue weighted by atomic mass is 16.5. The van der Waals surface area contributed by atoms with Crippen molar-refractivity contribution in [1.29, 1.82) is 0 Å². The molecule has 0 atom stereocenters. The lowest BCUT2D eigenvalue weighted by molar-refractivity contribution is 0.178. The molecular weight excluding hydrogens is 266 g/mol. The lowest BCUT2D eigenvalue weighted by Gasteiger charge is -2.31. The van der Waals surface area contributed by atoms with E-state index in [1.54, 1.807) is 7.11 Å². The summed E-state index contributed by atoms with van der Waals surface area (Å²) in [5, 5.41) is 12.0. The average Bonchev–Trinajstić information content (AvgIpc) is 2.48. The van der Waals surface area contributed by atoms with Gasteiger partial charge in [0.1, 0.15) is 5.75 Å². The predicted octanol–water partition coefficient (Wildman–Crippen LogP) is 2.41. The zero-order valence-electron chi connectivity index (χ0n) is 12.9. The fourth-order valence-corrected chi connectivity index (χ4v) is 2.71. The fourth-order valence-electron chi connectivity index (χ4n) is 2.71. The maximum Gasteiger partial charge on any atom is 0.173 e. The number of benzene rings is 1. The molecule has 0 amide bonds. The first-order valence-corrected chi connectivity index (χ1v) is 7.55. The second kappa shape index (κ2) is 7.31. The molecule has 116 valence electrons. The van der Waals surface area contributed by atoms with E-state index in [-0.39, 0.29) is 5.84 Å². The Morgan fingerprint density at radius 2 is 2.24 bits per heavy atom. The van der Waals surface area contributed by atoms with E-state index in [1.165, 1.54) is 19.3 Å². The summed E-state index contributed by atoms with van der Waals surface area (Å²) < 4.78 is 5.26. The van der Waals surface area contributed by atoms with E-state index in [9.17, 15) is 0 Å². The van der Waals surface area contributed by atoms with Gasteiger partial charge in [0.25, 0.3) is 0 Å². The molecule has 5 heteroatoms. The van der Waals surface area contributed by atoms with Crippen LogP contribution in [0.3, 0.4) is 0 Å². The Bertz CT molecular complexity index is 498. The van der Waals surface area contributed by atoms with Gasteiger partial charge in [-0.15, -0.1) is 0 Å². The molecule has 0 heterocycles. The van der Waals surface area contributed by atoms with Gasteiger partial charge < -0.3 is 15.7 Å². The fraction of sp³-hybridized carbons (Fsp3) is 0.562. The quantitative estimate of drug-likeness (QED) is 0.350. The van der Waals surface area contributed by atoms with Crippen molar-refractivity contribution >= 4 is 5.84 Å². The van der Waals surface area contributed by atoms with Crippen LogP contribution in [-0.2, 0) is 6.54 Å². The van der Waals surface area contributed by atoms with Gasteiger partial charge >= 0.3 is 0 Å². The molecule has 0 saturated heterocycles. The molecular formula is C16H25N3O2. The Morgan fingerprint density at radius 1 is 1.48 bits per heavy atom. The number of ether oxygens (including phenoxy) is 1. The Kier molecular flexibility index (Phi) is 5.44. The standard InChI is InChI=1S/C16H25N3O2/c1-3-19(10-12-5-4-6-12)11-13-7-8-15(21-2)14(9-13)16(17)18-20/h7-9,12,20H,3-6,10-11H2,1-2H3,(H2,17,18). The Labute approximate surface area is 126 Å². The van der Waals surface area contributed by atoms with Crippen LogP contribution in [0.1, 0.15) is 37.3 Å². The molecule has 1 aromatic carbocycles. The molecule has 1 aromatic rings. The average molecular weight is 291 g/mol. The van der Waals surface area contributed by atoms with E-state index < -0.39 is 0 Å². The summed E-state index contributed by atoms with van der Waals surface area (Å²) in [7, 11) is 1.58. The third kappa shape index (κ3) is 3.88. The zero-order chi connectivity index (χ0) is 15.2. The number of nitrogens with two attached hydrogens (primary N) is 1. The van der Waals surface area contributed by atoms with Crippen molar-refractivity contribution in [2.24, 2.45) is 16.8 Å². The van der Waals surface area contributed by atoms with E-state index in [4.69, 9.17) is 15.7 Å². The number of amidine groups is 1. The highest BCUT2D eigenvalue weighted by molar-refractivity contribution is 5.99. The number of hydrogen-bond acceptors (Lipinski definition) is 4. The minimum Gasteiger partial charge on any atom is -0.496 e. The molecule has 5 nitrogen and oxygen atoms in total. The Hall–Kier alpha value is -1.75. The van der Waals surface area contributed by atoms with Crippen LogP contribution in [0.4, 0.5) is 0 Å². The SMILES string of the molecule is CCN(Cc1ccc(OC)c(/C(N)=N/O)c1)CC1CCC1. The number of rotatable bonds is 7. The number of oxime groups is 1. The van der Waals surface area contributed by atoms with Crippen molar-refractivity contribution in [3.8, 4) is 5.75 Å². The van der Waals surface area contributed by atoms with Crippen molar-refractivity contribution in [2.75, 3.05) is 20.2 Å². The molecule has 0 aliphatic heterocycles. The first kappa shape index (κ1) is 15.6. The van der Waals surface area contributed by atoms with Crippen LogP contribution >= 0.6 is 0 Å². The maximum atomic E-state index is 8.88. The van der Waals surface area contributed by atoms with Gasteiger partial charge in [0.2, 0.25) is 0 Å². The van der Waals surface area contributed by atoms with Gasteiger partial charge in [0, 0.05) is 13.1 Å². The van der Waals surface area contributed by atoms with Crippen molar-refractivity contribution in [3.05, 3.63) is 29.3 Å². The van der Waals surface area contributed by atoms with Crippen LogP contribution in [0.5, 0.6) is 5.75 Å². The molecule has 0 bridgehead atoms. The van der Waals surface area contributed by atoms with Gasteiger partial charge in [-0.2, -0.15) is 0 Å². The van der Waals surface area contributed by atoms with E-state index in [2.05, 4.69) is 17.0 Å². The van der Waals surface area contributed by atoms with Crippen LogP contribution in [0, 0.1) is 5.92 Å². The summed E-state index contributed by atoms with van der Waals surface area (Å²) in [6.45, 7) is 5.25. The topological polar surface area (TPSA) is 71.1 Å². The first-order valence-electron chi connectivity index (χ1n) is 7.55. The van der Waals surface area contributed by atoms with Crippen LogP contribution in [0.15, 0.2) is 23.4 Å². The number of hydrogen-bond donors (Lipinski definition) is 2. The lowest BCUT2D eigenvalue weighted by Crippen LogP contribution is -2.32. The molecule has 2 rings (SSSR count). The highest BCUT2D eigenvalue weighted by Gasteiger charge is 2.20. The smallest absolute Gasteiger partial charge is 0.173 e. The van der Waals surface area contributed by atoms with Gasteiger partial charge in [0.15, 0.2) is 5.84 Å². The summed E-state index contributed by atoms with van der Waals surface area (Å²) in [5.41, 5.74) is 7.51. The normalized spacial score (nSPS) is 16.0. The molecule has 21 heavy (non-hydrogen) atoms. The minimum atomic E-state index is 0.0794. The highest BCUT2D eigenvalue weighted by Crippen LogP contribution is 2.28. The second-order valence-electron chi connectivity index (χ2n) is 5.64. The zero-order valence-corrected chi connectivity index (χ0v) is 12.9. The van der Waals surface area contributed by atoms with Crippen molar-refractivity contribution in [2.45, 2.75) is 32.7 Å². The van der Waals surface area contributed by atoms with Crippen molar-refractivity contribution < 1.29 is 9.94 Å². The molecule has 0 radical (unpaired) electrons. The van der Waals surface area contributed by atoms with E-state index in [1.807, 2.05) is 18.2 Å². The molecule has 1 aliphatic rings. The molecule has 1 aliphatic carbocycles. The van der Waals surface area contributed by atoms with Gasteiger partial charge in [-0.3, -0.25) is 4.90 Å². The second-order valence-corrected chi connectivity index (χ2v) is 5.64. The maximum absolute atomic E-state index is 8.88. The van der Waals surface area contributed by atoms with Crippen molar-refractivity contribution in [1.82, 2.24) is 4.90 Å². The largest absolute Gasteiger partial charge is 0.496 e. The molecule has 3 N–H and O–H groups in total. The first-order chi connectivity index (χ1) is 10.2. The monoisotopic (exact) mass is 291 g/mol. The van der Waals surface area contributed by atoms with Crippen LogP contribution in [-0.4, -0.2) is 36.1 Å². The summed E-state index contributed by atoms with van der Waals surface area (Å²) in [5.74, 6) is 1.55. The molecule has 0 spiro atoms. The molecule has 1 fully saturated rings. The molecule has 0 unspecified atom stereocenters.